The molecule has 0 aliphatic carbocycles. The first-order chi connectivity index (χ1) is 10.9. The van der Waals surface area contributed by atoms with E-state index in [1.807, 2.05) is 6.92 Å². The van der Waals surface area contributed by atoms with Crippen molar-refractivity contribution < 1.29 is 22.7 Å². The van der Waals surface area contributed by atoms with Gasteiger partial charge in [-0.3, -0.25) is 9.59 Å². The van der Waals surface area contributed by atoms with Gasteiger partial charge in [-0.25, -0.2) is 8.42 Å². The largest absolute Gasteiger partial charge is 0.457 e. The molecule has 0 saturated heterocycles. The second kappa shape index (κ2) is 7.23. The second-order valence-corrected chi connectivity index (χ2v) is 7.16. The lowest BCUT2D eigenvalue weighted by molar-refractivity contribution is -0.142. The van der Waals surface area contributed by atoms with Crippen LogP contribution in [0.15, 0.2) is 47.5 Å². The van der Waals surface area contributed by atoms with E-state index in [1.165, 1.54) is 12.1 Å². The number of ketones is 1. The molecule has 1 N–H and O–H groups in total. The molecular formula is C16H17NO5S. The van der Waals surface area contributed by atoms with Gasteiger partial charge in [0.1, 0.15) is 0 Å². The summed E-state index contributed by atoms with van der Waals surface area (Å²) < 4.78 is 29.0. The third kappa shape index (κ3) is 4.79. The van der Waals surface area contributed by atoms with E-state index in [9.17, 15) is 18.0 Å². The molecule has 6 nitrogen and oxygen atoms in total. The number of carbonyl (C=O) groups is 2. The third-order valence-corrected chi connectivity index (χ3v) is 4.95. The topological polar surface area (TPSA) is 93.3 Å². The maximum Gasteiger partial charge on any atom is 0.307 e. The number of benzene rings is 1. The zero-order valence-electron chi connectivity index (χ0n) is 12.6. The van der Waals surface area contributed by atoms with Crippen molar-refractivity contribution in [2.24, 2.45) is 0 Å². The summed E-state index contributed by atoms with van der Waals surface area (Å²) in [6.07, 6.45) is 1.29. The van der Waals surface area contributed by atoms with Crippen LogP contribution in [0.25, 0.3) is 0 Å². The lowest BCUT2D eigenvalue weighted by Crippen LogP contribution is -2.17. The van der Waals surface area contributed by atoms with Crippen LogP contribution in [0.5, 0.6) is 0 Å². The number of ether oxygens (including phenoxy) is 1. The molecule has 23 heavy (non-hydrogen) atoms. The van der Waals surface area contributed by atoms with Crippen molar-refractivity contribution in [1.29, 1.82) is 0 Å². The third-order valence-electron chi connectivity index (χ3n) is 3.22. The Morgan fingerprint density at radius 1 is 1.13 bits per heavy atom. The predicted molar refractivity (Wildman–Crippen MR) is 83.9 cm³/mol. The highest BCUT2D eigenvalue weighted by Gasteiger charge is 2.18. The maximum absolute atomic E-state index is 12.1. The van der Waals surface area contributed by atoms with Crippen LogP contribution in [0.2, 0.25) is 0 Å². The number of esters is 1. The Morgan fingerprint density at radius 3 is 2.43 bits per heavy atom. The summed E-state index contributed by atoms with van der Waals surface area (Å²) in [7, 11) is -3.55. The van der Waals surface area contributed by atoms with Crippen LogP contribution in [-0.4, -0.2) is 37.5 Å². The Morgan fingerprint density at radius 2 is 1.83 bits per heavy atom. The van der Waals surface area contributed by atoms with Gasteiger partial charge in [0, 0.05) is 6.20 Å². The Bertz CT molecular complexity index is 776. The molecule has 2 aromatic rings. The lowest BCUT2D eigenvalue weighted by atomic mass is 10.2. The Balaban J connectivity index is 1.84. The van der Waals surface area contributed by atoms with E-state index < -0.39 is 22.4 Å². The van der Waals surface area contributed by atoms with E-state index in [1.54, 1.807) is 30.5 Å². The van der Waals surface area contributed by atoms with Crippen molar-refractivity contribution >= 4 is 21.6 Å². The van der Waals surface area contributed by atoms with E-state index in [4.69, 9.17) is 4.74 Å². The normalized spacial score (nSPS) is 11.2. The maximum atomic E-state index is 12.1. The number of hydrogen-bond acceptors (Lipinski definition) is 5. The van der Waals surface area contributed by atoms with Gasteiger partial charge < -0.3 is 9.72 Å². The van der Waals surface area contributed by atoms with Crippen molar-refractivity contribution in [3.8, 4) is 0 Å². The standard InChI is InChI=1S/C16H17NO5S/c1-12-4-6-13(7-5-12)23(20,21)10-8-16(19)22-11-15(18)14-3-2-9-17-14/h2-7,9,17H,8,10-11H2,1H3. The number of H-pyrrole nitrogens is 1. The monoisotopic (exact) mass is 335 g/mol. The van der Waals surface area contributed by atoms with E-state index in [0.717, 1.165) is 5.56 Å². The minimum atomic E-state index is -3.55. The molecule has 0 spiro atoms. The number of aryl methyl sites for hydroxylation is 1. The molecule has 0 radical (unpaired) electrons. The molecule has 1 heterocycles. The summed E-state index contributed by atoms with van der Waals surface area (Å²) in [5.74, 6) is -1.45. The van der Waals surface area contributed by atoms with Gasteiger partial charge in [0.15, 0.2) is 16.4 Å². The molecule has 7 heteroatoms. The number of sulfone groups is 1. The number of aromatic nitrogens is 1. The van der Waals surface area contributed by atoms with Gasteiger partial charge in [0.25, 0.3) is 0 Å². The molecular weight excluding hydrogens is 318 g/mol. The molecule has 0 atom stereocenters. The predicted octanol–water partition coefficient (Wildman–Crippen LogP) is 1.91. The molecule has 0 saturated carbocycles. The number of carbonyl (C=O) groups excluding carboxylic acids is 2. The van der Waals surface area contributed by atoms with E-state index in [-0.39, 0.29) is 22.9 Å². The van der Waals surface area contributed by atoms with Crippen molar-refractivity contribution in [2.75, 3.05) is 12.4 Å². The van der Waals surface area contributed by atoms with E-state index >= 15 is 0 Å². The van der Waals surface area contributed by atoms with Crippen LogP contribution in [-0.2, 0) is 19.4 Å². The van der Waals surface area contributed by atoms with E-state index in [2.05, 4.69) is 4.98 Å². The van der Waals surface area contributed by atoms with Crippen molar-refractivity contribution in [3.05, 3.63) is 53.9 Å². The summed E-state index contributed by atoms with van der Waals surface area (Å²) >= 11 is 0. The van der Waals surface area contributed by atoms with Gasteiger partial charge >= 0.3 is 5.97 Å². The van der Waals surface area contributed by atoms with Crippen LogP contribution in [0.3, 0.4) is 0 Å². The fourth-order valence-electron chi connectivity index (χ4n) is 1.88. The van der Waals surface area contributed by atoms with Crippen molar-refractivity contribution in [1.82, 2.24) is 4.98 Å². The smallest absolute Gasteiger partial charge is 0.307 e. The summed E-state index contributed by atoms with van der Waals surface area (Å²) in [6, 6.07) is 9.62. The minimum Gasteiger partial charge on any atom is -0.457 e. The first-order valence-corrected chi connectivity index (χ1v) is 8.65. The van der Waals surface area contributed by atoms with Crippen LogP contribution in [0, 0.1) is 6.92 Å². The van der Waals surface area contributed by atoms with Gasteiger partial charge in [-0.2, -0.15) is 0 Å². The molecule has 1 aromatic carbocycles. The fourth-order valence-corrected chi connectivity index (χ4v) is 3.10. The van der Waals surface area contributed by atoms with Crippen LogP contribution in [0.4, 0.5) is 0 Å². The first-order valence-electron chi connectivity index (χ1n) is 7.00. The molecule has 0 aliphatic heterocycles. The SMILES string of the molecule is Cc1ccc(S(=O)(=O)CCC(=O)OCC(=O)c2ccc[nH]2)cc1. The zero-order valence-corrected chi connectivity index (χ0v) is 13.4. The fraction of sp³-hybridized carbons (Fsp3) is 0.250. The number of nitrogens with one attached hydrogen (secondary N) is 1. The summed E-state index contributed by atoms with van der Waals surface area (Å²) in [5, 5.41) is 0. The highest BCUT2D eigenvalue weighted by atomic mass is 32.2. The first kappa shape index (κ1) is 17.0. The lowest BCUT2D eigenvalue weighted by Gasteiger charge is -2.06. The van der Waals surface area contributed by atoms with Crippen LogP contribution >= 0.6 is 0 Å². The molecule has 1 aromatic heterocycles. The Hall–Kier alpha value is -2.41. The van der Waals surface area contributed by atoms with Gasteiger partial charge in [0.05, 0.1) is 22.8 Å². The Kier molecular flexibility index (Phi) is 5.33. The van der Waals surface area contributed by atoms with Crippen molar-refractivity contribution in [2.45, 2.75) is 18.2 Å². The molecule has 122 valence electrons. The average Bonchev–Trinajstić information content (AvgIpc) is 3.05. The molecule has 0 unspecified atom stereocenters. The van der Waals surface area contributed by atoms with Gasteiger partial charge in [-0.1, -0.05) is 17.7 Å². The molecule has 0 bridgehead atoms. The zero-order chi connectivity index (χ0) is 16.9. The van der Waals surface area contributed by atoms with Gasteiger partial charge in [-0.05, 0) is 31.2 Å². The molecule has 0 amide bonds. The van der Waals surface area contributed by atoms with Crippen LogP contribution in [0.1, 0.15) is 22.5 Å². The number of aromatic amines is 1. The minimum absolute atomic E-state index is 0.165. The highest BCUT2D eigenvalue weighted by Crippen LogP contribution is 2.13. The highest BCUT2D eigenvalue weighted by molar-refractivity contribution is 7.91. The molecule has 0 aliphatic rings. The average molecular weight is 335 g/mol. The van der Waals surface area contributed by atoms with Gasteiger partial charge in [0.2, 0.25) is 5.78 Å². The Labute approximate surface area is 134 Å². The molecule has 0 fully saturated rings. The van der Waals surface area contributed by atoms with Crippen molar-refractivity contribution in [3.63, 3.8) is 0 Å². The van der Waals surface area contributed by atoms with Gasteiger partial charge in [-0.15, -0.1) is 0 Å². The summed E-state index contributed by atoms with van der Waals surface area (Å²) in [6.45, 7) is 1.44. The number of Topliss-reactive ketones (excluding diaryl/α,β-unsaturated/α-hetero) is 1. The quantitative estimate of drug-likeness (QED) is 0.616. The second-order valence-electron chi connectivity index (χ2n) is 5.05. The summed E-state index contributed by atoms with van der Waals surface area (Å²) in [5.41, 5.74) is 1.29. The summed E-state index contributed by atoms with van der Waals surface area (Å²) in [4.78, 5) is 26.1. The molecule has 2 rings (SSSR count). The number of rotatable bonds is 7. The van der Waals surface area contributed by atoms with Crippen LogP contribution < -0.4 is 0 Å². The van der Waals surface area contributed by atoms with E-state index in [0.29, 0.717) is 5.69 Å². The number of hydrogen-bond donors (Lipinski definition) is 1.